The number of sulfonamides is 1. The first-order chi connectivity index (χ1) is 23.9. The molecule has 3 heterocycles. The number of likely N-dealkylation sites (tertiary alicyclic amines) is 2. The molecule has 2 amide bonds. The van der Waals surface area contributed by atoms with Gasteiger partial charge in [-0.15, -0.1) is 0 Å². The topological polar surface area (TPSA) is 119 Å². The number of hydrogen-bond acceptors (Lipinski definition) is 8. The molecule has 3 aromatic rings. The van der Waals surface area contributed by atoms with Gasteiger partial charge in [0.1, 0.15) is 6.33 Å². The minimum Gasteiger partial charge on any atom is -0.364 e. The molecule has 2 aliphatic heterocycles. The molecule has 2 aromatic carbocycles. The number of hydrogen-bond donors (Lipinski definition) is 1. The van der Waals surface area contributed by atoms with Crippen LogP contribution in [0, 0.1) is 13.8 Å². The van der Waals surface area contributed by atoms with Crippen LogP contribution in [-0.2, 0) is 27.9 Å². The highest BCUT2D eigenvalue weighted by Gasteiger charge is 2.40. The Hall–Kier alpha value is -3.87. The summed E-state index contributed by atoms with van der Waals surface area (Å²) >= 11 is 0. The van der Waals surface area contributed by atoms with Crippen molar-refractivity contribution in [2.24, 2.45) is 0 Å². The van der Waals surface area contributed by atoms with Crippen molar-refractivity contribution in [3.63, 3.8) is 0 Å². The summed E-state index contributed by atoms with van der Waals surface area (Å²) in [4.78, 5) is 41.6. The first kappa shape index (κ1) is 35.9. The van der Waals surface area contributed by atoms with Gasteiger partial charge in [0.15, 0.2) is 0 Å². The summed E-state index contributed by atoms with van der Waals surface area (Å²) < 4.78 is 26.0. The van der Waals surface area contributed by atoms with Gasteiger partial charge in [-0.05, 0) is 82.6 Å². The van der Waals surface area contributed by atoms with Crippen LogP contribution in [0.1, 0.15) is 78.3 Å². The molecule has 0 radical (unpaired) electrons. The summed E-state index contributed by atoms with van der Waals surface area (Å²) in [5, 5.41) is 2.55. The van der Waals surface area contributed by atoms with Crippen LogP contribution in [0.4, 0.5) is 5.69 Å². The van der Waals surface area contributed by atoms with E-state index in [0.717, 1.165) is 81.0 Å². The van der Waals surface area contributed by atoms with Crippen molar-refractivity contribution < 1.29 is 18.0 Å². The van der Waals surface area contributed by atoms with Crippen molar-refractivity contribution in [1.82, 2.24) is 29.4 Å². The minimum atomic E-state index is -3.38. The van der Waals surface area contributed by atoms with Crippen molar-refractivity contribution >= 4 is 27.5 Å². The Morgan fingerprint density at radius 3 is 2.10 bits per heavy atom. The van der Waals surface area contributed by atoms with Crippen LogP contribution < -0.4 is 10.2 Å². The molecule has 268 valence electrons. The first-order valence-corrected chi connectivity index (χ1v) is 19.4. The molecule has 1 aromatic heterocycles. The van der Waals surface area contributed by atoms with E-state index < -0.39 is 10.0 Å². The van der Waals surface area contributed by atoms with Crippen molar-refractivity contribution in [3.8, 4) is 0 Å². The zero-order chi connectivity index (χ0) is 35.5. The number of nitrogens with zero attached hydrogens (tertiary/aromatic N) is 6. The van der Waals surface area contributed by atoms with Gasteiger partial charge in [-0.3, -0.25) is 14.5 Å². The van der Waals surface area contributed by atoms with Crippen LogP contribution in [0.25, 0.3) is 0 Å². The number of anilines is 1. The number of nitrogens with one attached hydrogen (secondary N) is 1. The Morgan fingerprint density at radius 1 is 0.880 bits per heavy atom. The van der Waals surface area contributed by atoms with Crippen molar-refractivity contribution in [3.05, 3.63) is 89.0 Å². The number of aromatic nitrogens is 2. The maximum absolute atomic E-state index is 13.4. The summed E-state index contributed by atoms with van der Waals surface area (Å²) in [7, 11) is -1.91. The molecule has 0 bridgehead atoms. The highest BCUT2D eigenvalue weighted by molar-refractivity contribution is 7.90. The van der Waals surface area contributed by atoms with E-state index in [4.69, 9.17) is 0 Å². The predicted molar refractivity (Wildman–Crippen MR) is 195 cm³/mol. The number of rotatable bonds is 12. The largest absolute Gasteiger partial charge is 0.364 e. The molecule has 6 rings (SSSR count). The number of piperidine rings is 2. The standard InChI is InChI=1S/C38H51N7O4S/c1-28-36(29(2)41-27-40-28)37(47)43-22-18-38(3,19-23-43)44-20-16-33(17-21-44)45(25-31-8-6-5-7-9-31)32-12-10-30(11-13-32)24-39-35(46)26-42(4)50(48,49)34-14-15-34/h5-13,27,33-34H,14-26H2,1-4H3,(H,39,46). The number of amides is 2. The lowest BCUT2D eigenvalue weighted by atomic mass is 9.85. The summed E-state index contributed by atoms with van der Waals surface area (Å²) in [6.07, 6.45) is 6.83. The highest BCUT2D eigenvalue weighted by atomic mass is 32.2. The maximum Gasteiger partial charge on any atom is 0.257 e. The predicted octanol–water partition coefficient (Wildman–Crippen LogP) is 4.30. The zero-order valence-electron chi connectivity index (χ0n) is 29.8. The Kier molecular flexibility index (Phi) is 10.9. The van der Waals surface area contributed by atoms with Crippen LogP contribution in [-0.4, -0.2) is 101 Å². The quantitative estimate of drug-likeness (QED) is 0.297. The molecule has 1 N–H and O–H groups in total. The first-order valence-electron chi connectivity index (χ1n) is 17.9. The maximum atomic E-state index is 13.4. The summed E-state index contributed by atoms with van der Waals surface area (Å²) in [5.41, 5.74) is 5.53. The van der Waals surface area contributed by atoms with Crippen LogP contribution >= 0.6 is 0 Å². The van der Waals surface area contributed by atoms with Crippen molar-refractivity contribution in [1.29, 1.82) is 0 Å². The third-order valence-corrected chi connectivity index (χ3v) is 13.2. The van der Waals surface area contributed by atoms with Gasteiger partial charge in [-0.1, -0.05) is 42.5 Å². The zero-order valence-corrected chi connectivity index (χ0v) is 30.7. The van der Waals surface area contributed by atoms with Gasteiger partial charge in [0.05, 0.1) is 28.7 Å². The second-order valence-corrected chi connectivity index (χ2v) is 16.8. The molecular formula is C38H51N7O4S. The van der Waals surface area contributed by atoms with E-state index in [2.05, 4.69) is 68.4 Å². The Bertz CT molecular complexity index is 1730. The normalized spacial score (nSPS) is 18.6. The molecule has 0 unspecified atom stereocenters. The molecule has 11 nitrogen and oxygen atoms in total. The molecule has 3 aliphatic rings. The molecule has 0 spiro atoms. The third kappa shape index (κ3) is 8.19. The monoisotopic (exact) mass is 701 g/mol. The lowest BCUT2D eigenvalue weighted by Gasteiger charge is -2.50. The van der Waals surface area contributed by atoms with Gasteiger partial charge in [0.2, 0.25) is 15.9 Å². The van der Waals surface area contributed by atoms with E-state index in [1.165, 1.54) is 23.2 Å². The van der Waals surface area contributed by atoms with Gasteiger partial charge in [0, 0.05) is 63.6 Å². The molecular weight excluding hydrogens is 651 g/mol. The fraction of sp³-hybridized carbons (Fsp3) is 0.526. The molecule has 12 heteroatoms. The van der Waals surface area contributed by atoms with Crippen LogP contribution in [0.5, 0.6) is 0 Å². The molecule has 1 saturated carbocycles. The Balaban J connectivity index is 1.05. The fourth-order valence-electron chi connectivity index (χ4n) is 7.47. The van der Waals surface area contributed by atoms with E-state index >= 15 is 0 Å². The number of carbonyl (C=O) groups excluding carboxylic acids is 2. The molecule has 2 saturated heterocycles. The molecule has 0 atom stereocenters. The van der Waals surface area contributed by atoms with Gasteiger partial charge < -0.3 is 15.1 Å². The second-order valence-electron chi connectivity index (χ2n) is 14.5. The second kappa shape index (κ2) is 15.2. The summed E-state index contributed by atoms with van der Waals surface area (Å²) in [5.74, 6) is -0.265. The van der Waals surface area contributed by atoms with Crippen LogP contribution in [0.2, 0.25) is 0 Å². The van der Waals surface area contributed by atoms with Crippen LogP contribution in [0.15, 0.2) is 60.9 Å². The van der Waals surface area contributed by atoms with E-state index in [1.807, 2.05) is 36.9 Å². The minimum absolute atomic E-state index is 0.0400. The van der Waals surface area contributed by atoms with Crippen molar-refractivity contribution in [2.75, 3.05) is 44.7 Å². The highest BCUT2D eigenvalue weighted by Crippen LogP contribution is 2.35. The lowest BCUT2D eigenvalue weighted by molar-refractivity contribution is -0.121. The van der Waals surface area contributed by atoms with Gasteiger partial charge in [-0.2, -0.15) is 4.31 Å². The third-order valence-electron chi connectivity index (χ3n) is 10.9. The number of carbonyl (C=O) groups is 2. The SMILES string of the molecule is Cc1ncnc(C)c1C(=O)N1CCC(C)(N2CCC(N(Cc3ccccc3)c3ccc(CNC(=O)CN(C)S(=O)(=O)C4CC4)cc3)CC2)CC1. The Morgan fingerprint density at radius 2 is 1.50 bits per heavy atom. The van der Waals surface area contributed by atoms with Gasteiger partial charge in [0.25, 0.3) is 5.91 Å². The summed E-state index contributed by atoms with van der Waals surface area (Å²) in [6.45, 7) is 10.6. The number of aryl methyl sites for hydroxylation is 2. The fourth-order valence-corrected chi connectivity index (χ4v) is 9.01. The van der Waals surface area contributed by atoms with Crippen LogP contribution in [0.3, 0.4) is 0 Å². The number of benzene rings is 2. The molecule has 50 heavy (non-hydrogen) atoms. The average molecular weight is 702 g/mol. The lowest BCUT2D eigenvalue weighted by Crippen LogP contribution is -2.58. The van der Waals surface area contributed by atoms with E-state index in [-0.39, 0.29) is 29.1 Å². The van der Waals surface area contributed by atoms with E-state index in [1.54, 1.807) is 0 Å². The average Bonchev–Trinajstić information content (AvgIpc) is 3.98. The van der Waals surface area contributed by atoms with Crippen molar-refractivity contribution in [2.45, 2.75) is 89.2 Å². The smallest absolute Gasteiger partial charge is 0.257 e. The number of likely N-dealkylation sites (N-methyl/N-ethyl adjacent to an activating group) is 1. The summed E-state index contributed by atoms with van der Waals surface area (Å²) in [6, 6.07) is 19.3. The van der Waals surface area contributed by atoms with Gasteiger partial charge in [-0.25, -0.2) is 18.4 Å². The molecule has 1 aliphatic carbocycles. The van der Waals surface area contributed by atoms with E-state index in [9.17, 15) is 18.0 Å². The van der Waals surface area contributed by atoms with Gasteiger partial charge >= 0.3 is 0 Å². The Labute approximate surface area is 297 Å². The van der Waals surface area contributed by atoms with E-state index in [0.29, 0.717) is 31.0 Å². The molecule has 3 fully saturated rings.